The largest absolute Gasteiger partial charge is 0.317 e. The van der Waals surface area contributed by atoms with Gasteiger partial charge in [-0.05, 0) is 18.0 Å². The lowest BCUT2D eigenvalue weighted by atomic mass is 10.1. The van der Waals surface area contributed by atoms with Gasteiger partial charge in [-0.3, -0.25) is 9.69 Å². The quantitative estimate of drug-likeness (QED) is 0.821. The van der Waals surface area contributed by atoms with Crippen LogP contribution in [0.2, 0.25) is 0 Å². The van der Waals surface area contributed by atoms with Crippen molar-refractivity contribution < 1.29 is 4.79 Å². The summed E-state index contributed by atoms with van der Waals surface area (Å²) in [5, 5.41) is 17.4. The molecule has 0 saturated carbocycles. The van der Waals surface area contributed by atoms with Crippen LogP contribution in [-0.4, -0.2) is 43.0 Å². The molecule has 1 aliphatic heterocycles. The van der Waals surface area contributed by atoms with Crippen molar-refractivity contribution in [3.63, 3.8) is 0 Å². The van der Waals surface area contributed by atoms with Gasteiger partial charge in [-0.15, -0.1) is 11.3 Å². The molecule has 1 aliphatic rings. The van der Waals surface area contributed by atoms with Crippen LogP contribution in [0.25, 0.3) is 0 Å². The minimum Gasteiger partial charge on any atom is -0.317 e. The standard InChI is InChI=1S/C13H18N4OS/c1-2-17(11-8-15-9-11)5-3-12(18)16-13-10(7-14)4-6-19-13/h4,6,11,15H,2-3,5,8-9H2,1H3,(H,16,18). The van der Waals surface area contributed by atoms with Crippen molar-refractivity contribution in [3.8, 4) is 6.07 Å². The lowest BCUT2D eigenvalue weighted by molar-refractivity contribution is -0.116. The van der Waals surface area contributed by atoms with Gasteiger partial charge in [-0.1, -0.05) is 6.92 Å². The molecule has 2 N–H and O–H groups in total. The second kappa shape index (κ2) is 6.66. The first-order valence-corrected chi connectivity index (χ1v) is 7.34. The van der Waals surface area contributed by atoms with E-state index in [-0.39, 0.29) is 5.91 Å². The molecule has 0 aromatic carbocycles. The summed E-state index contributed by atoms with van der Waals surface area (Å²) < 4.78 is 0. The first-order valence-electron chi connectivity index (χ1n) is 6.46. The Labute approximate surface area is 117 Å². The molecule has 1 aromatic rings. The second-order valence-electron chi connectivity index (χ2n) is 4.51. The Bertz CT molecular complexity index is 475. The normalized spacial score (nSPS) is 15.0. The molecule has 2 rings (SSSR count). The van der Waals surface area contributed by atoms with Crippen LogP contribution in [0.3, 0.4) is 0 Å². The fourth-order valence-electron chi connectivity index (χ4n) is 2.06. The van der Waals surface area contributed by atoms with Gasteiger partial charge in [0.15, 0.2) is 0 Å². The first-order chi connectivity index (χ1) is 9.24. The molecule has 1 aromatic heterocycles. The Morgan fingerprint density at radius 3 is 3.05 bits per heavy atom. The number of nitriles is 1. The zero-order valence-electron chi connectivity index (χ0n) is 11.0. The second-order valence-corrected chi connectivity index (χ2v) is 5.43. The molecule has 0 bridgehead atoms. The van der Waals surface area contributed by atoms with Crippen LogP contribution in [0.4, 0.5) is 5.00 Å². The van der Waals surface area contributed by atoms with Gasteiger partial charge in [0.1, 0.15) is 11.1 Å². The van der Waals surface area contributed by atoms with E-state index in [4.69, 9.17) is 5.26 Å². The average Bonchev–Trinajstić information content (AvgIpc) is 2.79. The summed E-state index contributed by atoms with van der Waals surface area (Å²) in [7, 11) is 0. The zero-order valence-corrected chi connectivity index (χ0v) is 11.8. The number of carbonyl (C=O) groups is 1. The number of hydrogen-bond acceptors (Lipinski definition) is 5. The summed E-state index contributed by atoms with van der Waals surface area (Å²) in [5.74, 6) is -0.0234. The highest BCUT2D eigenvalue weighted by molar-refractivity contribution is 7.14. The summed E-state index contributed by atoms with van der Waals surface area (Å²) in [5.41, 5.74) is 0.536. The lowest BCUT2D eigenvalue weighted by Gasteiger charge is -2.37. The van der Waals surface area contributed by atoms with Crippen molar-refractivity contribution in [2.75, 3.05) is 31.5 Å². The topological polar surface area (TPSA) is 68.2 Å². The van der Waals surface area contributed by atoms with Crippen molar-refractivity contribution in [3.05, 3.63) is 17.0 Å². The molecule has 19 heavy (non-hydrogen) atoms. The molecular weight excluding hydrogens is 260 g/mol. The number of likely N-dealkylation sites (N-methyl/N-ethyl adjacent to an activating group) is 1. The minimum atomic E-state index is -0.0234. The molecule has 5 nitrogen and oxygen atoms in total. The van der Waals surface area contributed by atoms with Gasteiger partial charge < -0.3 is 10.6 Å². The molecule has 0 unspecified atom stereocenters. The molecule has 1 amide bonds. The number of amides is 1. The van der Waals surface area contributed by atoms with Crippen molar-refractivity contribution in [1.82, 2.24) is 10.2 Å². The zero-order chi connectivity index (χ0) is 13.7. The van der Waals surface area contributed by atoms with Gasteiger partial charge in [-0.2, -0.15) is 5.26 Å². The summed E-state index contributed by atoms with van der Waals surface area (Å²) in [4.78, 5) is 14.2. The van der Waals surface area contributed by atoms with E-state index in [1.807, 2.05) is 5.38 Å². The monoisotopic (exact) mass is 278 g/mol. The van der Waals surface area contributed by atoms with Crippen LogP contribution in [0, 0.1) is 11.3 Å². The van der Waals surface area contributed by atoms with Crippen LogP contribution in [-0.2, 0) is 4.79 Å². The van der Waals surface area contributed by atoms with E-state index in [0.29, 0.717) is 23.0 Å². The number of hydrogen-bond donors (Lipinski definition) is 2. The number of anilines is 1. The molecule has 0 aliphatic carbocycles. The molecule has 1 saturated heterocycles. The maximum absolute atomic E-state index is 11.9. The summed E-state index contributed by atoms with van der Waals surface area (Å²) in [6.07, 6.45) is 0.465. The highest BCUT2D eigenvalue weighted by Crippen LogP contribution is 2.22. The molecule has 1 fully saturated rings. The van der Waals surface area contributed by atoms with Crippen molar-refractivity contribution in [2.45, 2.75) is 19.4 Å². The van der Waals surface area contributed by atoms with E-state index in [1.165, 1.54) is 11.3 Å². The fraction of sp³-hybridized carbons (Fsp3) is 0.538. The molecule has 6 heteroatoms. The molecule has 0 atom stereocenters. The highest BCUT2D eigenvalue weighted by Gasteiger charge is 2.23. The number of thiophene rings is 1. The van der Waals surface area contributed by atoms with Crippen LogP contribution >= 0.6 is 11.3 Å². The molecular formula is C13H18N4OS. The van der Waals surface area contributed by atoms with Crippen LogP contribution < -0.4 is 10.6 Å². The van der Waals surface area contributed by atoms with Crippen LogP contribution in [0.1, 0.15) is 18.9 Å². The molecule has 0 radical (unpaired) electrons. The Morgan fingerprint density at radius 1 is 1.68 bits per heavy atom. The number of carbonyl (C=O) groups excluding carboxylic acids is 1. The molecule has 2 heterocycles. The summed E-state index contributed by atoms with van der Waals surface area (Å²) >= 11 is 1.39. The van der Waals surface area contributed by atoms with E-state index in [9.17, 15) is 4.79 Å². The summed E-state index contributed by atoms with van der Waals surface area (Å²) in [6.45, 7) is 5.87. The Morgan fingerprint density at radius 2 is 2.47 bits per heavy atom. The highest BCUT2D eigenvalue weighted by atomic mass is 32.1. The minimum absolute atomic E-state index is 0.0234. The third kappa shape index (κ3) is 3.53. The Hall–Kier alpha value is -1.42. The predicted molar refractivity (Wildman–Crippen MR) is 76.2 cm³/mol. The summed E-state index contributed by atoms with van der Waals surface area (Å²) in [6, 6.07) is 4.36. The molecule has 0 spiro atoms. The van der Waals surface area contributed by atoms with Crippen LogP contribution in [0.5, 0.6) is 0 Å². The van der Waals surface area contributed by atoms with Gasteiger partial charge in [-0.25, -0.2) is 0 Å². The average molecular weight is 278 g/mol. The van der Waals surface area contributed by atoms with E-state index >= 15 is 0 Å². The van der Waals surface area contributed by atoms with Crippen molar-refractivity contribution >= 4 is 22.2 Å². The Balaban J connectivity index is 1.79. The van der Waals surface area contributed by atoms with Gasteiger partial charge in [0.25, 0.3) is 0 Å². The molecule has 102 valence electrons. The van der Waals surface area contributed by atoms with E-state index in [1.54, 1.807) is 6.07 Å². The Kier molecular flexibility index (Phi) is 4.91. The number of nitrogens with one attached hydrogen (secondary N) is 2. The number of nitrogens with zero attached hydrogens (tertiary/aromatic N) is 2. The predicted octanol–water partition coefficient (Wildman–Crippen LogP) is 1.24. The number of rotatable bonds is 6. The van der Waals surface area contributed by atoms with E-state index < -0.39 is 0 Å². The lowest BCUT2D eigenvalue weighted by Crippen LogP contribution is -2.57. The fourth-order valence-corrected chi connectivity index (χ4v) is 2.81. The van der Waals surface area contributed by atoms with Crippen molar-refractivity contribution in [2.24, 2.45) is 0 Å². The maximum Gasteiger partial charge on any atom is 0.226 e. The first kappa shape index (κ1) is 14.0. The van der Waals surface area contributed by atoms with E-state index in [2.05, 4.69) is 28.5 Å². The van der Waals surface area contributed by atoms with Gasteiger partial charge >= 0.3 is 0 Å². The third-order valence-corrected chi connectivity index (χ3v) is 4.18. The maximum atomic E-state index is 11.9. The van der Waals surface area contributed by atoms with E-state index in [0.717, 1.165) is 26.2 Å². The van der Waals surface area contributed by atoms with Gasteiger partial charge in [0.05, 0.1) is 5.56 Å². The third-order valence-electron chi connectivity index (χ3n) is 3.35. The smallest absolute Gasteiger partial charge is 0.226 e. The van der Waals surface area contributed by atoms with Crippen LogP contribution in [0.15, 0.2) is 11.4 Å². The SMILES string of the molecule is CCN(CCC(=O)Nc1sccc1C#N)C1CNC1. The van der Waals surface area contributed by atoms with Gasteiger partial charge in [0, 0.05) is 32.1 Å². The van der Waals surface area contributed by atoms with Crippen molar-refractivity contribution in [1.29, 1.82) is 5.26 Å². The van der Waals surface area contributed by atoms with Gasteiger partial charge in [0.2, 0.25) is 5.91 Å².